The van der Waals surface area contributed by atoms with Crippen molar-refractivity contribution in [3.8, 4) is 0 Å². The minimum atomic E-state index is -0.397. The molecule has 0 saturated carbocycles. The third kappa shape index (κ3) is 4.13. The zero-order chi connectivity index (χ0) is 20.2. The molecule has 0 spiro atoms. The number of carbonyl (C=O) groups is 1. The number of aromatic amines is 2. The second kappa shape index (κ2) is 8.18. The number of hydrogen-bond acceptors (Lipinski definition) is 3. The number of rotatable bonds is 7. The van der Waals surface area contributed by atoms with Crippen LogP contribution in [0.2, 0.25) is 0 Å². The molecule has 0 aliphatic rings. The Bertz CT molecular complexity index is 1280. The van der Waals surface area contributed by atoms with E-state index in [-0.39, 0.29) is 11.5 Å². The number of fused-ring (bicyclic) bond motifs is 2. The third-order valence-corrected chi connectivity index (χ3v) is 5.01. The topological polar surface area (TPSA) is 99.8 Å². The summed E-state index contributed by atoms with van der Waals surface area (Å²) in [4.78, 5) is 42.6. The van der Waals surface area contributed by atoms with E-state index in [9.17, 15) is 14.4 Å². The first kappa shape index (κ1) is 18.7. The van der Waals surface area contributed by atoms with E-state index >= 15 is 0 Å². The Hall–Kier alpha value is -3.61. The summed E-state index contributed by atoms with van der Waals surface area (Å²) in [6.07, 6.45) is 4.36. The first-order chi connectivity index (χ1) is 14.1. The van der Waals surface area contributed by atoms with Crippen LogP contribution >= 0.6 is 0 Å². The molecule has 3 N–H and O–H groups in total. The Morgan fingerprint density at radius 2 is 1.83 bits per heavy atom. The molecule has 0 bridgehead atoms. The number of nitrogens with zero attached hydrogens (tertiary/aromatic N) is 1. The second-order valence-corrected chi connectivity index (χ2v) is 7.07. The van der Waals surface area contributed by atoms with Crippen LogP contribution in [0.25, 0.3) is 21.8 Å². The summed E-state index contributed by atoms with van der Waals surface area (Å²) in [5.41, 5.74) is 1.68. The van der Waals surface area contributed by atoms with Gasteiger partial charge in [0.2, 0.25) is 5.91 Å². The molecule has 0 unspecified atom stereocenters. The average Bonchev–Trinajstić information content (AvgIpc) is 3.18. The van der Waals surface area contributed by atoms with Crippen LogP contribution in [-0.4, -0.2) is 20.4 Å². The number of unbranched alkanes of at least 4 members (excludes halogenated alkanes) is 2. The van der Waals surface area contributed by atoms with E-state index in [1.807, 2.05) is 30.5 Å². The lowest BCUT2D eigenvalue weighted by Crippen LogP contribution is -2.35. The molecule has 2 aromatic carbocycles. The number of anilines is 1. The second-order valence-electron chi connectivity index (χ2n) is 7.07. The molecule has 0 aliphatic heterocycles. The van der Waals surface area contributed by atoms with Crippen molar-refractivity contribution in [2.75, 3.05) is 5.32 Å². The van der Waals surface area contributed by atoms with E-state index in [0.717, 1.165) is 23.0 Å². The van der Waals surface area contributed by atoms with Gasteiger partial charge < -0.3 is 15.3 Å². The Morgan fingerprint density at radius 3 is 2.72 bits per heavy atom. The van der Waals surface area contributed by atoms with Crippen LogP contribution in [0.3, 0.4) is 0 Å². The monoisotopic (exact) mass is 390 g/mol. The quantitative estimate of drug-likeness (QED) is 0.422. The minimum Gasteiger partial charge on any atom is -0.361 e. The van der Waals surface area contributed by atoms with Gasteiger partial charge in [-0.2, -0.15) is 0 Å². The van der Waals surface area contributed by atoms with Crippen LogP contribution in [0.4, 0.5) is 5.69 Å². The van der Waals surface area contributed by atoms with Gasteiger partial charge in [0.15, 0.2) is 0 Å². The number of nitrogens with one attached hydrogen (secondary N) is 3. The number of hydrogen-bond donors (Lipinski definition) is 3. The van der Waals surface area contributed by atoms with Crippen molar-refractivity contribution in [2.24, 2.45) is 0 Å². The first-order valence-electron chi connectivity index (χ1n) is 9.71. The molecule has 29 heavy (non-hydrogen) atoms. The summed E-state index contributed by atoms with van der Waals surface area (Å²) >= 11 is 0. The van der Waals surface area contributed by atoms with Crippen molar-refractivity contribution in [2.45, 2.75) is 32.2 Å². The van der Waals surface area contributed by atoms with Gasteiger partial charge in [0, 0.05) is 35.8 Å². The molecule has 0 aliphatic carbocycles. The van der Waals surface area contributed by atoms with Crippen molar-refractivity contribution < 1.29 is 4.79 Å². The maximum atomic E-state index is 12.5. The lowest BCUT2D eigenvalue weighted by atomic mass is 10.1. The molecular formula is C22H22N4O3. The number of carbonyl (C=O) groups excluding carboxylic acids is 1. The summed E-state index contributed by atoms with van der Waals surface area (Å²) in [6, 6.07) is 14.7. The fraction of sp³-hybridized carbons (Fsp3) is 0.227. The fourth-order valence-electron chi connectivity index (χ4n) is 3.49. The van der Waals surface area contributed by atoms with Gasteiger partial charge in [-0.15, -0.1) is 0 Å². The van der Waals surface area contributed by atoms with Crippen LogP contribution in [0.1, 0.15) is 25.7 Å². The summed E-state index contributed by atoms with van der Waals surface area (Å²) in [6.45, 7) is 0.338. The summed E-state index contributed by atoms with van der Waals surface area (Å²) in [7, 11) is 0. The van der Waals surface area contributed by atoms with Crippen molar-refractivity contribution in [3.05, 3.63) is 75.6 Å². The van der Waals surface area contributed by atoms with Gasteiger partial charge in [0.05, 0.1) is 10.9 Å². The molecule has 0 saturated heterocycles. The van der Waals surface area contributed by atoms with Gasteiger partial charge in [0.25, 0.3) is 5.56 Å². The first-order valence-corrected chi connectivity index (χ1v) is 9.71. The zero-order valence-corrected chi connectivity index (χ0v) is 15.9. The Morgan fingerprint density at radius 1 is 0.966 bits per heavy atom. The van der Waals surface area contributed by atoms with E-state index in [1.165, 1.54) is 4.57 Å². The van der Waals surface area contributed by atoms with Crippen LogP contribution in [0.5, 0.6) is 0 Å². The third-order valence-electron chi connectivity index (χ3n) is 5.01. The lowest BCUT2D eigenvalue weighted by Gasteiger charge is -2.07. The van der Waals surface area contributed by atoms with Gasteiger partial charge >= 0.3 is 5.69 Å². The minimum absolute atomic E-state index is 0.0411. The van der Waals surface area contributed by atoms with E-state index in [4.69, 9.17) is 0 Å². The standard InChI is InChI=1S/C22H22N4O3/c27-20(24-16-9-10-18-15(14-16)11-12-23-18)8-2-1-5-13-26-21(28)17-6-3-4-7-19(17)25-22(26)29/h3-4,6-7,9-12,14,23H,1-2,5,8,13H2,(H,24,27)(H,25,29). The van der Waals surface area contributed by atoms with Crippen LogP contribution in [0, 0.1) is 0 Å². The van der Waals surface area contributed by atoms with Gasteiger partial charge in [-0.05, 0) is 49.2 Å². The lowest BCUT2D eigenvalue weighted by molar-refractivity contribution is -0.116. The maximum Gasteiger partial charge on any atom is 0.328 e. The zero-order valence-electron chi connectivity index (χ0n) is 15.9. The normalized spacial score (nSPS) is 11.2. The molecule has 4 aromatic rings. The molecule has 2 aromatic heterocycles. The molecule has 0 atom stereocenters. The molecule has 148 valence electrons. The fourth-order valence-corrected chi connectivity index (χ4v) is 3.49. The number of aromatic nitrogens is 3. The summed E-state index contributed by atoms with van der Waals surface area (Å²) in [5, 5.41) is 4.46. The van der Waals surface area contributed by atoms with Crippen LogP contribution < -0.4 is 16.6 Å². The van der Waals surface area contributed by atoms with E-state index in [1.54, 1.807) is 24.3 Å². The molecule has 7 heteroatoms. The molecule has 1 amide bonds. The van der Waals surface area contributed by atoms with Crippen LogP contribution in [0.15, 0.2) is 64.3 Å². The summed E-state index contributed by atoms with van der Waals surface area (Å²) < 4.78 is 1.23. The van der Waals surface area contributed by atoms with Gasteiger partial charge in [0.1, 0.15) is 0 Å². The highest BCUT2D eigenvalue weighted by molar-refractivity contribution is 5.93. The molecule has 0 radical (unpaired) electrons. The molecular weight excluding hydrogens is 368 g/mol. The maximum absolute atomic E-state index is 12.5. The van der Waals surface area contributed by atoms with Crippen molar-refractivity contribution in [3.63, 3.8) is 0 Å². The van der Waals surface area contributed by atoms with E-state index < -0.39 is 5.69 Å². The predicted molar refractivity (Wildman–Crippen MR) is 114 cm³/mol. The Balaban J connectivity index is 1.27. The number of para-hydroxylation sites is 1. The van der Waals surface area contributed by atoms with Crippen LogP contribution in [-0.2, 0) is 11.3 Å². The smallest absolute Gasteiger partial charge is 0.328 e. The Kier molecular flexibility index (Phi) is 5.29. The van der Waals surface area contributed by atoms with Gasteiger partial charge in [-0.3, -0.25) is 14.2 Å². The molecule has 2 heterocycles. The van der Waals surface area contributed by atoms with Gasteiger partial charge in [-0.1, -0.05) is 18.6 Å². The average molecular weight is 390 g/mol. The Labute approximate surface area is 166 Å². The number of amides is 1. The molecule has 7 nitrogen and oxygen atoms in total. The molecule has 0 fully saturated rings. The number of H-pyrrole nitrogens is 2. The predicted octanol–water partition coefficient (Wildman–Crippen LogP) is 3.37. The van der Waals surface area contributed by atoms with Crippen molar-refractivity contribution in [1.82, 2.24) is 14.5 Å². The highest BCUT2D eigenvalue weighted by Gasteiger charge is 2.07. The highest BCUT2D eigenvalue weighted by Crippen LogP contribution is 2.18. The largest absolute Gasteiger partial charge is 0.361 e. The van der Waals surface area contributed by atoms with Crippen molar-refractivity contribution in [1.29, 1.82) is 0 Å². The van der Waals surface area contributed by atoms with Crippen molar-refractivity contribution >= 4 is 33.4 Å². The van der Waals surface area contributed by atoms with E-state index in [0.29, 0.717) is 36.7 Å². The highest BCUT2D eigenvalue weighted by atomic mass is 16.2. The van der Waals surface area contributed by atoms with E-state index in [2.05, 4.69) is 15.3 Å². The SMILES string of the molecule is O=C(CCCCCn1c(=O)[nH]c2ccccc2c1=O)Nc1ccc2[nH]ccc2c1. The summed E-state index contributed by atoms with van der Waals surface area (Å²) in [5.74, 6) is -0.0411. The molecule has 4 rings (SSSR count). The number of benzene rings is 2. The van der Waals surface area contributed by atoms with Gasteiger partial charge in [-0.25, -0.2) is 4.79 Å².